The molecule has 1 aromatic carbocycles. The van der Waals surface area contributed by atoms with Crippen LogP contribution in [-0.2, 0) is 16.8 Å². The van der Waals surface area contributed by atoms with E-state index in [-0.39, 0.29) is 5.60 Å². The summed E-state index contributed by atoms with van der Waals surface area (Å²) < 4.78 is 6.68. The van der Waals surface area contributed by atoms with E-state index in [0.29, 0.717) is 12.5 Å². The zero-order chi connectivity index (χ0) is 15.4. The molecular weight excluding hydrogens is 268 g/mol. The largest absolute Gasteiger partial charge is 0.366 e. The highest BCUT2D eigenvalue weighted by atomic mass is 16.5. The minimum atomic E-state index is -0.0630. The van der Waals surface area contributed by atoms with Crippen LogP contribution in [0.1, 0.15) is 69.4 Å². The summed E-state index contributed by atoms with van der Waals surface area (Å²) in [7, 11) is 0. The van der Waals surface area contributed by atoms with E-state index in [1.165, 1.54) is 68.9 Å². The van der Waals surface area contributed by atoms with Crippen LogP contribution < -0.4 is 0 Å². The van der Waals surface area contributed by atoms with Crippen molar-refractivity contribution < 1.29 is 4.74 Å². The van der Waals surface area contributed by atoms with Crippen LogP contribution in [0, 0.1) is 5.92 Å². The predicted molar refractivity (Wildman–Crippen MR) is 93.0 cm³/mol. The second kappa shape index (κ2) is 7.00. The van der Waals surface area contributed by atoms with Crippen molar-refractivity contribution in [2.75, 3.05) is 6.61 Å². The van der Waals surface area contributed by atoms with Crippen LogP contribution in [0.15, 0.2) is 36.4 Å². The van der Waals surface area contributed by atoms with Crippen LogP contribution in [0.25, 0.3) is 0 Å². The molecule has 0 N–H and O–H groups in total. The molecule has 0 aliphatic heterocycles. The first-order valence-electron chi connectivity index (χ1n) is 9.09. The van der Waals surface area contributed by atoms with Crippen molar-refractivity contribution in [3.8, 4) is 0 Å². The minimum absolute atomic E-state index is 0.0630. The topological polar surface area (TPSA) is 9.23 Å². The van der Waals surface area contributed by atoms with Crippen molar-refractivity contribution in [2.45, 2.75) is 70.3 Å². The van der Waals surface area contributed by atoms with Crippen molar-refractivity contribution in [3.05, 3.63) is 47.5 Å². The maximum Gasteiger partial charge on any atom is 0.0966 e. The first kappa shape index (κ1) is 15.8. The Balaban J connectivity index is 2.01. The van der Waals surface area contributed by atoms with Crippen molar-refractivity contribution in [1.29, 1.82) is 0 Å². The molecule has 1 nitrogen and oxygen atoms in total. The fourth-order valence-electron chi connectivity index (χ4n) is 4.50. The summed E-state index contributed by atoms with van der Waals surface area (Å²) in [5, 5.41) is 0. The quantitative estimate of drug-likeness (QED) is 0.505. The molecule has 1 atom stereocenters. The van der Waals surface area contributed by atoms with Gasteiger partial charge in [-0.25, -0.2) is 0 Å². The lowest BCUT2D eigenvalue weighted by molar-refractivity contribution is -0.101. The van der Waals surface area contributed by atoms with E-state index < -0.39 is 0 Å². The Bertz CT molecular complexity index is 512. The van der Waals surface area contributed by atoms with E-state index in [0.717, 1.165) is 5.57 Å². The average Bonchev–Trinajstić information content (AvgIpc) is 2.74. The van der Waals surface area contributed by atoms with Crippen molar-refractivity contribution in [1.82, 2.24) is 0 Å². The first-order valence-corrected chi connectivity index (χ1v) is 9.09. The molecular formula is C21H30O. The standard InChI is InChI=1S/C21H30O/c1-17(2)16-22-21(19-12-4-3-5-13-19)15-9-8-11-18-10-6-7-14-20(18)21/h6-7,10,14,19H,1,3-5,8-9,11-13,15-16H2,2H3. The molecule has 3 rings (SSSR count). The van der Waals surface area contributed by atoms with Crippen LogP contribution in [-0.4, -0.2) is 6.61 Å². The molecule has 2 aliphatic carbocycles. The van der Waals surface area contributed by atoms with Crippen molar-refractivity contribution in [2.24, 2.45) is 5.92 Å². The summed E-state index contributed by atoms with van der Waals surface area (Å²) in [5.41, 5.74) is 4.08. The predicted octanol–water partition coefficient (Wildman–Crippen LogP) is 5.78. The van der Waals surface area contributed by atoms with Crippen LogP contribution in [0.3, 0.4) is 0 Å². The van der Waals surface area contributed by atoms with Gasteiger partial charge in [-0.1, -0.05) is 55.7 Å². The van der Waals surface area contributed by atoms with Crippen LogP contribution in [0.5, 0.6) is 0 Å². The Hall–Kier alpha value is -1.08. The van der Waals surface area contributed by atoms with Crippen LogP contribution in [0.4, 0.5) is 0 Å². The van der Waals surface area contributed by atoms with Gasteiger partial charge in [0.2, 0.25) is 0 Å². The molecule has 120 valence electrons. The molecule has 22 heavy (non-hydrogen) atoms. The van der Waals surface area contributed by atoms with E-state index in [9.17, 15) is 0 Å². The van der Waals surface area contributed by atoms with Gasteiger partial charge in [0.1, 0.15) is 0 Å². The Morgan fingerprint density at radius 2 is 1.91 bits per heavy atom. The molecule has 1 saturated carbocycles. The number of rotatable bonds is 4. The van der Waals surface area contributed by atoms with Gasteiger partial charge in [-0.2, -0.15) is 0 Å². The summed E-state index contributed by atoms with van der Waals surface area (Å²) in [4.78, 5) is 0. The summed E-state index contributed by atoms with van der Waals surface area (Å²) in [5.74, 6) is 0.680. The number of benzene rings is 1. The van der Waals surface area contributed by atoms with E-state index in [2.05, 4.69) is 37.8 Å². The van der Waals surface area contributed by atoms with Crippen molar-refractivity contribution in [3.63, 3.8) is 0 Å². The third-order valence-corrected chi connectivity index (χ3v) is 5.56. The van der Waals surface area contributed by atoms with Gasteiger partial charge in [0.05, 0.1) is 12.2 Å². The van der Waals surface area contributed by atoms with Gasteiger partial charge in [-0.05, 0) is 62.5 Å². The molecule has 1 aromatic rings. The highest BCUT2D eigenvalue weighted by Gasteiger charge is 2.43. The van der Waals surface area contributed by atoms with Gasteiger partial charge < -0.3 is 4.74 Å². The molecule has 0 spiro atoms. The molecule has 0 amide bonds. The number of aryl methyl sites for hydroxylation is 1. The van der Waals surface area contributed by atoms with Crippen LogP contribution >= 0.6 is 0 Å². The number of ether oxygens (including phenoxy) is 1. The first-order chi connectivity index (χ1) is 10.7. The zero-order valence-electron chi connectivity index (χ0n) is 14.1. The maximum absolute atomic E-state index is 6.68. The average molecular weight is 298 g/mol. The number of fused-ring (bicyclic) bond motifs is 1. The molecule has 0 bridgehead atoms. The van der Waals surface area contributed by atoms with Gasteiger partial charge in [0, 0.05) is 0 Å². The minimum Gasteiger partial charge on any atom is -0.366 e. The summed E-state index contributed by atoms with van der Waals surface area (Å²) in [6.45, 7) is 6.85. The highest BCUT2D eigenvalue weighted by Crippen LogP contribution is 2.48. The lowest BCUT2D eigenvalue weighted by atomic mass is 9.70. The molecule has 0 heterocycles. The molecule has 1 heteroatoms. The van der Waals surface area contributed by atoms with E-state index in [1.807, 2.05) is 0 Å². The maximum atomic E-state index is 6.68. The zero-order valence-corrected chi connectivity index (χ0v) is 14.1. The Kier molecular flexibility index (Phi) is 5.03. The lowest BCUT2D eigenvalue weighted by Gasteiger charge is -2.43. The number of hydrogen-bond acceptors (Lipinski definition) is 1. The molecule has 0 aromatic heterocycles. The highest BCUT2D eigenvalue weighted by molar-refractivity contribution is 5.35. The third-order valence-electron chi connectivity index (χ3n) is 5.56. The monoisotopic (exact) mass is 298 g/mol. The Labute approximate surface area is 135 Å². The lowest BCUT2D eigenvalue weighted by Crippen LogP contribution is -2.40. The fraction of sp³-hybridized carbons (Fsp3) is 0.619. The molecule has 0 saturated heterocycles. The SMILES string of the molecule is C=C(C)COC1(C2CCCCC2)CCCCc2ccccc21. The summed E-state index contributed by atoms with van der Waals surface area (Å²) in [6.07, 6.45) is 11.7. The van der Waals surface area contributed by atoms with E-state index in [1.54, 1.807) is 0 Å². The summed E-state index contributed by atoms with van der Waals surface area (Å²) in [6, 6.07) is 9.05. The van der Waals surface area contributed by atoms with Crippen LogP contribution in [0.2, 0.25) is 0 Å². The number of hydrogen-bond donors (Lipinski definition) is 0. The smallest absolute Gasteiger partial charge is 0.0966 e. The molecule has 1 fully saturated rings. The fourth-order valence-corrected chi connectivity index (χ4v) is 4.50. The summed E-state index contributed by atoms with van der Waals surface area (Å²) >= 11 is 0. The van der Waals surface area contributed by atoms with Gasteiger partial charge >= 0.3 is 0 Å². The third kappa shape index (κ3) is 3.15. The van der Waals surface area contributed by atoms with Gasteiger partial charge in [0.25, 0.3) is 0 Å². The molecule has 1 unspecified atom stereocenters. The Morgan fingerprint density at radius 1 is 1.14 bits per heavy atom. The van der Waals surface area contributed by atoms with Gasteiger partial charge in [-0.3, -0.25) is 0 Å². The van der Waals surface area contributed by atoms with Gasteiger partial charge in [-0.15, -0.1) is 0 Å². The van der Waals surface area contributed by atoms with Crippen molar-refractivity contribution >= 4 is 0 Å². The molecule has 0 radical (unpaired) electrons. The second-order valence-corrected chi connectivity index (χ2v) is 7.33. The van der Waals surface area contributed by atoms with E-state index in [4.69, 9.17) is 4.74 Å². The molecule has 2 aliphatic rings. The second-order valence-electron chi connectivity index (χ2n) is 7.33. The van der Waals surface area contributed by atoms with E-state index >= 15 is 0 Å². The normalized spacial score (nSPS) is 26.2. The Morgan fingerprint density at radius 3 is 2.68 bits per heavy atom. The van der Waals surface area contributed by atoms with Gasteiger partial charge in [0.15, 0.2) is 0 Å².